The van der Waals surface area contributed by atoms with Crippen LogP contribution >= 0.6 is 12.2 Å². The fourth-order valence-electron chi connectivity index (χ4n) is 4.21. The molecule has 6 nitrogen and oxygen atoms in total. The van der Waals surface area contributed by atoms with E-state index < -0.39 is 11.8 Å². The molecule has 0 bridgehead atoms. The van der Waals surface area contributed by atoms with Gasteiger partial charge in [0.05, 0.1) is 12.3 Å². The van der Waals surface area contributed by atoms with E-state index in [1.165, 1.54) is 4.90 Å². The molecule has 0 radical (unpaired) electrons. The average molecular weight is 482 g/mol. The smallest absolute Gasteiger partial charge is 0.270 e. The topological polar surface area (TPSA) is 63.6 Å². The molecule has 4 aromatic rings. The first-order chi connectivity index (χ1) is 17.0. The number of hydrogen-bond acceptors (Lipinski definition) is 4. The van der Waals surface area contributed by atoms with E-state index >= 15 is 0 Å². The van der Waals surface area contributed by atoms with Gasteiger partial charge in [-0.3, -0.25) is 19.8 Å². The van der Waals surface area contributed by atoms with Crippen molar-refractivity contribution in [2.45, 2.75) is 13.5 Å². The fraction of sp³-hybridized carbons (Fsp3) is 0.107. The number of fused-ring (bicyclic) bond motifs is 1. The Balaban J connectivity index is 1.53. The number of rotatable bonds is 6. The van der Waals surface area contributed by atoms with E-state index in [1.54, 1.807) is 30.3 Å². The van der Waals surface area contributed by atoms with Crippen molar-refractivity contribution in [3.63, 3.8) is 0 Å². The van der Waals surface area contributed by atoms with E-state index in [2.05, 4.69) is 22.0 Å². The van der Waals surface area contributed by atoms with Gasteiger partial charge < -0.3 is 9.30 Å². The lowest BCUT2D eigenvalue weighted by Crippen LogP contribution is -2.54. The van der Waals surface area contributed by atoms with Gasteiger partial charge in [-0.1, -0.05) is 48.5 Å². The number of para-hydroxylation sites is 1. The van der Waals surface area contributed by atoms with Gasteiger partial charge in [0.1, 0.15) is 11.3 Å². The zero-order valence-corrected chi connectivity index (χ0v) is 19.9. The minimum absolute atomic E-state index is 0.0232. The van der Waals surface area contributed by atoms with E-state index in [-0.39, 0.29) is 10.7 Å². The minimum Gasteiger partial charge on any atom is -0.494 e. The first-order valence-electron chi connectivity index (χ1n) is 11.3. The van der Waals surface area contributed by atoms with Crippen LogP contribution in [0.15, 0.2) is 90.6 Å². The summed E-state index contributed by atoms with van der Waals surface area (Å²) in [6.45, 7) is 3.12. The number of nitrogens with zero attached hydrogens (tertiary/aromatic N) is 2. The van der Waals surface area contributed by atoms with Crippen molar-refractivity contribution in [2.75, 3.05) is 11.5 Å². The Hall–Kier alpha value is -4.23. The summed E-state index contributed by atoms with van der Waals surface area (Å²) in [5.74, 6) is -0.289. The van der Waals surface area contributed by atoms with Crippen LogP contribution in [0.2, 0.25) is 0 Å². The van der Waals surface area contributed by atoms with E-state index in [1.807, 2.05) is 55.6 Å². The zero-order valence-electron chi connectivity index (χ0n) is 19.1. The van der Waals surface area contributed by atoms with Gasteiger partial charge in [0, 0.05) is 29.2 Å². The van der Waals surface area contributed by atoms with Gasteiger partial charge in [-0.2, -0.15) is 0 Å². The monoisotopic (exact) mass is 481 g/mol. The zero-order chi connectivity index (χ0) is 24.4. The lowest BCUT2D eigenvalue weighted by molar-refractivity contribution is -0.122. The Kier molecular flexibility index (Phi) is 6.16. The summed E-state index contributed by atoms with van der Waals surface area (Å²) in [5.41, 5.74) is 3.54. The molecule has 3 aromatic carbocycles. The first kappa shape index (κ1) is 22.6. The van der Waals surface area contributed by atoms with Gasteiger partial charge in [-0.05, 0) is 61.1 Å². The number of nitrogens with one attached hydrogen (secondary N) is 1. The summed E-state index contributed by atoms with van der Waals surface area (Å²) in [6, 6.07) is 25.1. The Morgan fingerprint density at radius 3 is 2.40 bits per heavy atom. The third-order valence-corrected chi connectivity index (χ3v) is 6.11. The number of aromatic nitrogens is 1. The number of amides is 2. The van der Waals surface area contributed by atoms with E-state index in [0.29, 0.717) is 24.6 Å². The van der Waals surface area contributed by atoms with Crippen LogP contribution in [0.4, 0.5) is 5.69 Å². The number of carbonyl (C=O) groups excluding carboxylic acids is 2. The Labute approximate surface area is 208 Å². The average Bonchev–Trinajstić information content (AvgIpc) is 3.20. The van der Waals surface area contributed by atoms with Crippen LogP contribution in [-0.4, -0.2) is 28.1 Å². The summed E-state index contributed by atoms with van der Waals surface area (Å²) in [6.07, 6.45) is 3.62. The highest BCUT2D eigenvalue weighted by Gasteiger charge is 2.34. The standard InChI is InChI=1S/C28H23N3O3S/c1-2-34-22-14-12-21(13-15-22)31-27(33)24(26(32)29-28(31)35)16-20-18-30(17-19-8-4-3-5-9-19)25-11-7-6-10-23(20)25/h3-16,18H,2,17H2,1H3,(H,29,32,35)/b24-16-. The number of benzene rings is 3. The number of anilines is 1. The molecule has 35 heavy (non-hydrogen) atoms. The normalized spacial score (nSPS) is 15.1. The minimum atomic E-state index is -0.512. The summed E-state index contributed by atoms with van der Waals surface area (Å²) < 4.78 is 7.61. The van der Waals surface area contributed by atoms with Crippen molar-refractivity contribution in [1.82, 2.24) is 9.88 Å². The highest BCUT2D eigenvalue weighted by molar-refractivity contribution is 7.80. The third-order valence-electron chi connectivity index (χ3n) is 5.82. The van der Waals surface area contributed by atoms with Gasteiger partial charge in [-0.25, -0.2) is 0 Å². The second kappa shape index (κ2) is 9.56. The van der Waals surface area contributed by atoms with Crippen LogP contribution in [-0.2, 0) is 16.1 Å². The van der Waals surface area contributed by atoms with Gasteiger partial charge in [0.25, 0.3) is 11.8 Å². The number of thiocarbonyl (C=S) groups is 1. The van der Waals surface area contributed by atoms with Gasteiger partial charge in [0.2, 0.25) is 0 Å². The highest BCUT2D eigenvalue weighted by Crippen LogP contribution is 2.28. The van der Waals surface area contributed by atoms with E-state index in [4.69, 9.17) is 17.0 Å². The first-order valence-corrected chi connectivity index (χ1v) is 11.7. The van der Waals surface area contributed by atoms with Crippen LogP contribution in [0.5, 0.6) is 5.75 Å². The van der Waals surface area contributed by atoms with Crippen molar-refractivity contribution in [3.8, 4) is 5.75 Å². The molecule has 1 N–H and O–H groups in total. The van der Waals surface area contributed by atoms with Crippen molar-refractivity contribution in [2.24, 2.45) is 0 Å². The molecule has 1 aromatic heterocycles. The maximum atomic E-state index is 13.5. The van der Waals surface area contributed by atoms with Gasteiger partial charge in [-0.15, -0.1) is 0 Å². The predicted octanol–water partition coefficient (Wildman–Crippen LogP) is 4.92. The lowest BCUT2D eigenvalue weighted by atomic mass is 10.1. The second-order valence-electron chi connectivity index (χ2n) is 8.10. The molecule has 0 unspecified atom stereocenters. The van der Waals surface area contributed by atoms with Crippen LogP contribution in [0, 0.1) is 0 Å². The Morgan fingerprint density at radius 2 is 1.66 bits per heavy atom. The van der Waals surface area contributed by atoms with Crippen LogP contribution in [0.3, 0.4) is 0 Å². The van der Waals surface area contributed by atoms with Crippen molar-refractivity contribution >= 4 is 51.8 Å². The summed E-state index contributed by atoms with van der Waals surface area (Å²) in [7, 11) is 0. The molecule has 1 aliphatic heterocycles. The molecule has 1 fully saturated rings. The third kappa shape index (κ3) is 4.46. The molecular weight excluding hydrogens is 458 g/mol. The van der Waals surface area contributed by atoms with Crippen molar-refractivity contribution < 1.29 is 14.3 Å². The predicted molar refractivity (Wildman–Crippen MR) is 141 cm³/mol. The largest absolute Gasteiger partial charge is 0.494 e. The van der Waals surface area contributed by atoms with Crippen LogP contribution in [0.25, 0.3) is 17.0 Å². The highest BCUT2D eigenvalue weighted by atomic mass is 32.1. The number of ether oxygens (including phenoxy) is 1. The molecule has 7 heteroatoms. The summed E-state index contributed by atoms with van der Waals surface area (Å²) in [5, 5.41) is 3.66. The maximum Gasteiger partial charge on any atom is 0.270 e. The molecule has 0 spiro atoms. The molecule has 2 heterocycles. The Morgan fingerprint density at radius 1 is 0.943 bits per heavy atom. The van der Waals surface area contributed by atoms with Crippen molar-refractivity contribution in [3.05, 3.63) is 102 Å². The van der Waals surface area contributed by atoms with E-state index in [9.17, 15) is 9.59 Å². The summed E-state index contributed by atoms with van der Waals surface area (Å²) >= 11 is 5.33. The second-order valence-corrected chi connectivity index (χ2v) is 8.49. The molecule has 0 atom stereocenters. The fourth-order valence-corrected chi connectivity index (χ4v) is 4.49. The van der Waals surface area contributed by atoms with Gasteiger partial charge >= 0.3 is 0 Å². The van der Waals surface area contributed by atoms with Crippen LogP contribution in [0.1, 0.15) is 18.1 Å². The van der Waals surface area contributed by atoms with E-state index in [0.717, 1.165) is 22.0 Å². The molecule has 5 rings (SSSR count). The maximum absolute atomic E-state index is 13.5. The van der Waals surface area contributed by atoms with Crippen LogP contribution < -0.4 is 15.0 Å². The number of hydrogen-bond donors (Lipinski definition) is 1. The quantitative estimate of drug-likeness (QED) is 0.241. The summed E-state index contributed by atoms with van der Waals surface area (Å²) in [4.78, 5) is 27.6. The molecule has 174 valence electrons. The molecule has 0 aliphatic carbocycles. The number of carbonyl (C=O) groups is 2. The van der Waals surface area contributed by atoms with Gasteiger partial charge in [0.15, 0.2) is 5.11 Å². The molecule has 1 aliphatic rings. The molecule has 2 amide bonds. The molecular formula is C28H23N3O3S. The Bertz CT molecular complexity index is 1460. The van der Waals surface area contributed by atoms with Crippen molar-refractivity contribution in [1.29, 1.82) is 0 Å². The molecule has 0 saturated carbocycles. The SMILES string of the molecule is CCOc1ccc(N2C(=O)/C(=C\c3cn(Cc4ccccc4)c4ccccc34)C(=O)NC2=S)cc1. The lowest BCUT2D eigenvalue weighted by Gasteiger charge is -2.29. The molecule has 1 saturated heterocycles.